The fraction of sp³-hybridized carbons (Fsp3) is 0.667. The number of fused-ring (bicyclic) bond motifs is 1. The first-order valence-electron chi connectivity index (χ1n) is 6.59. The molecule has 2 aliphatic rings. The molecule has 0 N–H and O–H groups in total. The van der Waals surface area contributed by atoms with Crippen molar-refractivity contribution in [3.05, 3.63) is 23.3 Å². The molecule has 2 rings (SSSR count). The molecule has 0 aromatic rings. The highest BCUT2D eigenvalue weighted by atomic mass is 16.6. The molecule has 0 spiro atoms. The van der Waals surface area contributed by atoms with E-state index < -0.39 is 0 Å². The second-order valence-corrected chi connectivity index (χ2v) is 5.51. The van der Waals surface area contributed by atoms with Gasteiger partial charge in [-0.05, 0) is 33.1 Å². The lowest BCUT2D eigenvalue weighted by molar-refractivity contribution is -0.143. The van der Waals surface area contributed by atoms with E-state index in [0.29, 0.717) is 5.92 Å². The van der Waals surface area contributed by atoms with Crippen molar-refractivity contribution in [2.45, 2.75) is 52.6 Å². The Morgan fingerprint density at radius 3 is 2.76 bits per heavy atom. The first-order valence-corrected chi connectivity index (χ1v) is 6.59. The molecule has 0 aromatic carbocycles. The van der Waals surface area contributed by atoms with E-state index in [2.05, 4.69) is 26.0 Å². The Morgan fingerprint density at radius 1 is 1.24 bits per heavy atom. The van der Waals surface area contributed by atoms with Crippen molar-refractivity contribution >= 4 is 5.97 Å². The molecule has 0 bridgehead atoms. The number of hydrogen-bond donors (Lipinski definition) is 0. The predicted molar refractivity (Wildman–Crippen MR) is 68.5 cm³/mol. The number of esters is 1. The van der Waals surface area contributed by atoms with Gasteiger partial charge < -0.3 is 4.74 Å². The van der Waals surface area contributed by atoms with Gasteiger partial charge in [0.2, 0.25) is 0 Å². The van der Waals surface area contributed by atoms with E-state index in [4.69, 9.17) is 4.74 Å². The zero-order valence-corrected chi connectivity index (χ0v) is 11.0. The van der Waals surface area contributed by atoms with Crippen molar-refractivity contribution in [2.24, 2.45) is 11.8 Å². The van der Waals surface area contributed by atoms with Gasteiger partial charge in [0.25, 0.3) is 0 Å². The van der Waals surface area contributed by atoms with Gasteiger partial charge in [0.05, 0.1) is 5.92 Å². The molecular formula is C15H22O2. The summed E-state index contributed by atoms with van der Waals surface area (Å²) < 4.78 is 5.51. The maximum absolute atomic E-state index is 11.7. The Bertz CT molecular complexity index is 365. The van der Waals surface area contributed by atoms with Crippen molar-refractivity contribution < 1.29 is 9.53 Å². The van der Waals surface area contributed by atoms with Crippen molar-refractivity contribution in [3.8, 4) is 0 Å². The molecule has 0 saturated carbocycles. The maximum atomic E-state index is 11.7. The lowest BCUT2D eigenvalue weighted by Crippen LogP contribution is -2.19. The average Bonchev–Trinajstić information content (AvgIpc) is 2.52. The van der Waals surface area contributed by atoms with Gasteiger partial charge in [-0.25, -0.2) is 0 Å². The third-order valence-electron chi connectivity index (χ3n) is 4.05. The standard InChI is InChI=1S/C15H22O2/c1-10-5-4-6-11(2)9-14-13(8-7-10)12(3)15(16)17-14/h6-7,12-14H,4-5,8-9H2,1-3H3. The van der Waals surface area contributed by atoms with E-state index in [9.17, 15) is 4.79 Å². The number of hydrogen-bond acceptors (Lipinski definition) is 2. The molecule has 94 valence electrons. The summed E-state index contributed by atoms with van der Waals surface area (Å²) in [5.41, 5.74) is 2.79. The van der Waals surface area contributed by atoms with Crippen molar-refractivity contribution in [1.82, 2.24) is 0 Å². The molecule has 0 aromatic heterocycles. The summed E-state index contributed by atoms with van der Waals surface area (Å²) >= 11 is 0. The van der Waals surface area contributed by atoms with Gasteiger partial charge in [-0.15, -0.1) is 0 Å². The van der Waals surface area contributed by atoms with Gasteiger partial charge in [0.15, 0.2) is 0 Å². The van der Waals surface area contributed by atoms with E-state index >= 15 is 0 Å². The van der Waals surface area contributed by atoms with Crippen LogP contribution in [-0.2, 0) is 9.53 Å². The van der Waals surface area contributed by atoms with Gasteiger partial charge >= 0.3 is 5.97 Å². The molecule has 1 aliphatic carbocycles. The Labute approximate surface area is 104 Å². The number of rotatable bonds is 0. The summed E-state index contributed by atoms with van der Waals surface area (Å²) in [4.78, 5) is 11.7. The predicted octanol–water partition coefficient (Wildman–Crippen LogP) is 3.63. The molecule has 1 saturated heterocycles. The van der Waals surface area contributed by atoms with Gasteiger partial charge in [-0.1, -0.05) is 30.2 Å². The molecule has 2 heteroatoms. The highest BCUT2D eigenvalue weighted by molar-refractivity contribution is 5.74. The van der Waals surface area contributed by atoms with Crippen LogP contribution in [0.3, 0.4) is 0 Å². The molecule has 1 heterocycles. The second kappa shape index (κ2) is 5.07. The van der Waals surface area contributed by atoms with E-state index in [0.717, 1.165) is 25.7 Å². The maximum Gasteiger partial charge on any atom is 0.309 e. The van der Waals surface area contributed by atoms with Crippen LogP contribution in [0.1, 0.15) is 46.5 Å². The van der Waals surface area contributed by atoms with Crippen molar-refractivity contribution in [2.75, 3.05) is 0 Å². The normalized spacial score (nSPS) is 34.5. The minimum Gasteiger partial charge on any atom is -0.461 e. The summed E-state index contributed by atoms with van der Waals surface area (Å²) in [5, 5.41) is 0. The number of ether oxygens (including phenoxy) is 1. The third-order valence-corrected chi connectivity index (χ3v) is 4.05. The lowest BCUT2D eigenvalue weighted by atomic mass is 9.84. The highest BCUT2D eigenvalue weighted by Crippen LogP contribution is 2.35. The quantitative estimate of drug-likeness (QED) is 0.472. The Hall–Kier alpha value is -1.05. The van der Waals surface area contributed by atoms with Gasteiger partial charge in [-0.2, -0.15) is 0 Å². The largest absolute Gasteiger partial charge is 0.461 e. The third kappa shape index (κ3) is 2.80. The molecule has 2 nitrogen and oxygen atoms in total. The molecule has 3 atom stereocenters. The smallest absolute Gasteiger partial charge is 0.309 e. The average molecular weight is 234 g/mol. The fourth-order valence-corrected chi connectivity index (χ4v) is 2.78. The van der Waals surface area contributed by atoms with Crippen LogP contribution in [0.15, 0.2) is 23.3 Å². The number of allylic oxidation sites excluding steroid dienone is 3. The van der Waals surface area contributed by atoms with Crippen LogP contribution in [0.4, 0.5) is 0 Å². The summed E-state index contributed by atoms with van der Waals surface area (Å²) in [5.74, 6) is 0.397. The minimum atomic E-state index is -0.0156. The molecule has 17 heavy (non-hydrogen) atoms. The Morgan fingerprint density at radius 2 is 2.00 bits per heavy atom. The summed E-state index contributed by atoms with van der Waals surface area (Å²) in [6.45, 7) is 6.33. The van der Waals surface area contributed by atoms with Gasteiger partial charge in [-0.3, -0.25) is 4.79 Å². The van der Waals surface area contributed by atoms with E-state index in [-0.39, 0.29) is 18.0 Å². The summed E-state index contributed by atoms with van der Waals surface area (Å²) in [7, 11) is 0. The van der Waals surface area contributed by atoms with Crippen LogP contribution >= 0.6 is 0 Å². The second-order valence-electron chi connectivity index (χ2n) is 5.51. The van der Waals surface area contributed by atoms with Crippen LogP contribution < -0.4 is 0 Å². The minimum absolute atomic E-state index is 0.0156. The molecule has 1 aliphatic heterocycles. The van der Waals surface area contributed by atoms with Crippen molar-refractivity contribution in [3.63, 3.8) is 0 Å². The molecule has 0 amide bonds. The van der Waals surface area contributed by atoms with Crippen LogP contribution in [-0.4, -0.2) is 12.1 Å². The molecule has 3 unspecified atom stereocenters. The van der Waals surface area contributed by atoms with Crippen LogP contribution in [0.5, 0.6) is 0 Å². The van der Waals surface area contributed by atoms with Gasteiger partial charge in [0.1, 0.15) is 6.10 Å². The molecule has 0 radical (unpaired) electrons. The van der Waals surface area contributed by atoms with E-state index in [1.54, 1.807) is 0 Å². The SMILES string of the molecule is CC1=CCC2C(CC(C)=CCC1)OC(=O)C2C. The Balaban J connectivity index is 2.20. The topological polar surface area (TPSA) is 26.3 Å². The summed E-state index contributed by atoms with van der Waals surface area (Å²) in [6.07, 6.45) is 8.81. The monoisotopic (exact) mass is 234 g/mol. The molecule has 1 fully saturated rings. The highest BCUT2D eigenvalue weighted by Gasteiger charge is 2.40. The van der Waals surface area contributed by atoms with Crippen LogP contribution in [0, 0.1) is 11.8 Å². The lowest BCUT2D eigenvalue weighted by Gasteiger charge is -2.19. The zero-order chi connectivity index (χ0) is 12.4. The Kier molecular flexibility index (Phi) is 3.70. The zero-order valence-electron chi connectivity index (χ0n) is 11.0. The van der Waals surface area contributed by atoms with E-state index in [1.165, 1.54) is 11.1 Å². The first-order chi connectivity index (χ1) is 8.08. The van der Waals surface area contributed by atoms with Crippen molar-refractivity contribution in [1.29, 1.82) is 0 Å². The molecular weight excluding hydrogens is 212 g/mol. The van der Waals surface area contributed by atoms with E-state index in [1.807, 2.05) is 6.92 Å². The fourth-order valence-electron chi connectivity index (χ4n) is 2.78. The summed E-state index contributed by atoms with van der Waals surface area (Å²) in [6, 6.07) is 0. The number of carbonyl (C=O) groups excluding carboxylic acids is 1. The van der Waals surface area contributed by atoms with Gasteiger partial charge in [0, 0.05) is 12.3 Å². The first kappa shape index (κ1) is 12.4. The van der Waals surface area contributed by atoms with Crippen LogP contribution in [0.25, 0.3) is 0 Å². The number of carbonyl (C=O) groups is 1. The van der Waals surface area contributed by atoms with Crippen LogP contribution in [0.2, 0.25) is 0 Å².